The van der Waals surface area contributed by atoms with E-state index in [9.17, 15) is 9.90 Å². The summed E-state index contributed by atoms with van der Waals surface area (Å²) in [6.45, 7) is 3.34. The Morgan fingerprint density at radius 3 is 2.94 bits per heavy atom. The van der Waals surface area contributed by atoms with Gasteiger partial charge in [0.15, 0.2) is 0 Å². The molecule has 18 heavy (non-hydrogen) atoms. The minimum Gasteiger partial charge on any atom is -0.507 e. The van der Waals surface area contributed by atoms with Crippen LogP contribution in [0.1, 0.15) is 23.7 Å². The topological polar surface area (TPSA) is 66.6 Å². The van der Waals surface area contributed by atoms with Crippen molar-refractivity contribution in [3.05, 3.63) is 28.2 Å². The van der Waals surface area contributed by atoms with E-state index in [0.717, 1.165) is 10.9 Å². The minimum atomic E-state index is -0.156. The zero-order valence-electron chi connectivity index (χ0n) is 10.3. The number of piperidine rings is 1. The summed E-state index contributed by atoms with van der Waals surface area (Å²) >= 11 is 3.30. The van der Waals surface area contributed by atoms with E-state index in [0.29, 0.717) is 24.6 Å². The van der Waals surface area contributed by atoms with E-state index in [-0.39, 0.29) is 17.7 Å². The van der Waals surface area contributed by atoms with Gasteiger partial charge in [-0.3, -0.25) is 4.79 Å². The number of amides is 1. The lowest BCUT2D eigenvalue weighted by Gasteiger charge is -2.35. The molecule has 5 heteroatoms. The van der Waals surface area contributed by atoms with Crippen molar-refractivity contribution >= 4 is 21.8 Å². The number of nitrogens with two attached hydrogens (primary N) is 1. The largest absolute Gasteiger partial charge is 0.507 e. The second kappa shape index (κ2) is 5.28. The summed E-state index contributed by atoms with van der Waals surface area (Å²) in [4.78, 5) is 14.0. The summed E-state index contributed by atoms with van der Waals surface area (Å²) in [6, 6.07) is 4.87. The maximum Gasteiger partial charge on any atom is 0.257 e. The first-order valence-corrected chi connectivity index (χ1v) is 6.81. The third kappa shape index (κ3) is 2.67. The number of carbonyl (C=O) groups excluding carboxylic acids is 1. The molecule has 0 bridgehead atoms. The van der Waals surface area contributed by atoms with Gasteiger partial charge >= 0.3 is 0 Å². The van der Waals surface area contributed by atoms with Gasteiger partial charge in [0.25, 0.3) is 5.91 Å². The Morgan fingerprint density at radius 2 is 2.28 bits per heavy atom. The summed E-state index contributed by atoms with van der Waals surface area (Å²) in [7, 11) is 0. The second-order valence-electron chi connectivity index (χ2n) is 4.84. The lowest BCUT2D eigenvalue weighted by molar-refractivity contribution is 0.0669. The fourth-order valence-electron chi connectivity index (χ4n) is 2.13. The molecule has 0 saturated carbocycles. The van der Waals surface area contributed by atoms with Crippen LogP contribution in [0.3, 0.4) is 0 Å². The van der Waals surface area contributed by atoms with Crippen LogP contribution in [0.15, 0.2) is 22.7 Å². The molecule has 1 saturated heterocycles. The summed E-state index contributed by atoms with van der Waals surface area (Å²) < 4.78 is 0.776. The Kier molecular flexibility index (Phi) is 3.92. The maximum atomic E-state index is 12.3. The van der Waals surface area contributed by atoms with Crippen molar-refractivity contribution in [3.8, 4) is 5.75 Å². The van der Waals surface area contributed by atoms with E-state index in [1.165, 1.54) is 6.07 Å². The Labute approximate surface area is 115 Å². The van der Waals surface area contributed by atoms with Crippen LogP contribution in [0.25, 0.3) is 0 Å². The van der Waals surface area contributed by atoms with E-state index in [4.69, 9.17) is 5.73 Å². The van der Waals surface area contributed by atoms with Gasteiger partial charge in [-0.1, -0.05) is 22.9 Å². The van der Waals surface area contributed by atoms with Gasteiger partial charge in [-0.25, -0.2) is 0 Å². The number of halogens is 1. The molecule has 0 spiro atoms. The molecule has 1 aliphatic rings. The van der Waals surface area contributed by atoms with Crippen molar-refractivity contribution < 1.29 is 9.90 Å². The van der Waals surface area contributed by atoms with Crippen LogP contribution < -0.4 is 5.73 Å². The molecule has 0 aromatic heterocycles. The highest BCUT2D eigenvalue weighted by Crippen LogP contribution is 2.25. The number of aromatic hydroxyl groups is 1. The molecule has 98 valence electrons. The Bertz CT molecular complexity index is 464. The molecule has 1 fully saturated rings. The molecule has 0 radical (unpaired) electrons. The van der Waals surface area contributed by atoms with Gasteiger partial charge in [-0.05, 0) is 30.5 Å². The summed E-state index contributed by atoms with van der Waals surface area (Å²) in [5, 5.41) is 9.75. The molecule has 1 amide bonds. The van der Waals surface area contributed by atoms with E-state index >= 15 is 0 Å². The Morgan fingerprint density at radius 1 is 1.56 bits per heavy atom. The number of rotatable bonds is 1. The van der Waals surface area contributed by atoms with Gasteiger partial charge in [-0.2, -0.15) is 0 Å². The van der Waals surface area contributed by atoms with Crippen LogP contribution in [-0.4, -0.2) is 35.0 Å². The highest BCUT2D eigenvalue weighted by Gasteiger charge is 2.28. The lowest BCUT2D eigenvalue weighted by Crippen LogP contribution is -2.49. The number of hydrogen-bond donors (Lipinski definition) is 2. The summed E-state index contributed by atoms with van der Waals surface area (Å²) in [6.07, 6.45) is 0.904. The zero-order valence-corrected chi connectivity index (χ0v) is 11.9. The molecule has 1 aromatic rings. The van der Waals surface area contributed by atoms with Crippen LogP contribution in [-0.2, 0) is 0 Å². The van der Waals surface area contributed by atoms with E-state index < -0.39 is 0 Å². The summed E-state index contributed by atoms with van der Waals surface area (Å²) in [5.74, 6) is 0.289. The highest BCUT2D eigenvalue weighted by molar-refractivity contribution is 9.10. The molecule has 1 aliphatic heterocycles. The fraction of sp³-hybridized carbons (Fsp3) is 0.462. The van der Waals surface area contributed by atoms with Crippen LogP contribution in [0.2, 0.25) is 0 Å². The molecular formula is C13H17BrN2O2. The number of phenols is 1. The molecule has 2 rings (SSSR count). The average Bonchev–Trinajstić information content (AvgIpc) is 2.35. The number of likely N-dealkylation sites (tertiary alicyclic amines) is 1. The van der Waals surface area contributed by atoms with Gasteiger partial charge in [0, 0.05) is 23.6 Å². The third-order valence-electron chi connectivity index (χ3n) is 3.49. The van der Waals surface area contributed by atoms with Gasteiger partial charge in [0.05, 0.1) is 5.56 Å². The Hall–Kier alpha value is -1.07. The quantitative estimate of drug-likeness (QED) is 0.833. The first-order chi connectivity index (χ1) is 8.49. The minimum absolute atomic E-state index is 0.00962. The third-order valence-corrected chi connectivity index (χ3v) is 3.99. The number of nitrogens with zero attached hydrogens (tertiary/aromatic N) is 1. The molecule has 4 nitrogen and oxygen atoms in total. The molecule has 2 unspecified atom stereocenters. The van der Waals surface area contributed by atoms with Crippen LogP contribution in [0.5, 0.6) is 5.75 Å². The monoisotopic (exact) mass is 312 g/mol. The van der Waals surface area contributed by atoms with Crippen molar-refractivity contribution in [2.24, 2.45) is 11.7 Å². The smallest absolute Gasteiger partial charge is 0.257 e. The van der Waals surface area contributed by atoms with Crippen molar-refractivity contribution in [3.63, 3.8) is 0 Å². The standard InChI is InChI=1S/C13H17BrN2O2/c1-8-4-5-16(7-11(8)15)13(18)10-6-9(14)2-3-12(10)17/h2-3,6,8,11,17H,4-5,7,15H2,1H3. The SMILES string of the molecule is CC1CCN(C(=O)c2cc(Br)ccc2O)CC1N. The van der Waals surface area contributed by atoms with Gasteiger partial charge in [-0.15, -0.1) is 0 Å². The molecule has 2 atom stereocenters. The fourth-order valence-corrected chi connectivity index (χ4v) is 2.49. The number of carbonyl (C=O) groups is 1. The van der Waals surface area contributed by atoms with Gasteiger partial charge in [0.1, 0.15) is 5.75 Å². The number of phenolic OH excluding ortho intramolecular Hbond substituents is 1. The highest BCUT2D eigenvalue weighted by atomic mass is 79.9. The maximum absolute atomic E-state index is 12.3. The second-order valence-corrected chi connectivity index (χ2v) is 5.76. The van der Waals surface area contributed by atoms with Crippen LogP contribution in [0, 0.1) is 5.92 Å². The molecule has 3 N–H and O–H groups in total. The van der Waals surface area contributed by atoms with E-state index in [2.05, 4.69) is 22.9 Å². The molecule has 1 aromatic carbocycles. The Balaban J connectivity index is 2.19. The van der Waals surface area contributed by atoms with Crippen molar-refractivity contribution in [2.75, 3.05) is 13.1 Å². The van der Waals surface area contributed by atoms with Crippen molar-refractivity contribution in [1.82, 2.24) is 4.90 Å². The zero-order chi connectivity index (χ0) is 13.3. The van der Waals surface area contributed by atoms with Crippen molar-refractivity contribution in [2.45, 2.75) is 19.4 Å². The van der Waals surface area contributed by atoms with Gasteiger partial charge < -0.3 is 15.7 Å². The average molecular weight is 313 g/mol. The molecular weight excluding hydrogens is 296 g/mol. The normalized spacial score (nSPS) is 24.1. The van der Waals surface area contributed by atoms with Gasteiger partial charge in [0.2, 0.25) is 0 Å². The predicted molar refractivity (Wildman–Crippen MR) is 73.5 cm³/mol. The van der Waals surface area contributed by atoms with E-state index in [1.807, 2.05) is 0 Å². The first-order valence-electron chi connectivity index (χ1n) is 6.02. The van der Waals surface area contributed by atoms with E-state index in [1.54, 1.807) is 17.0 Å². The number of benzene rings is 1. The lowest BCUT2D eigenvalue weighted by atomic mass is 9.94. The van der Waals surface area contributed by atoms with Crippen molar-refractivity contribution in [1.29, 1.82) is 0 Å². The summed E-state index contributed by atoms with van der Waals surface area (Å²) in [5.41, 5.74) is 6.31. The number of hydrogen-bond acceptors (Lipinski definition) is 3. The van der Waals surface area contributed by atoms with Crippen LogP contribution >= 0.6 is 15.9 Å². The van der Waals surface area contributed by atoms with Crippen LogP contribution in [0.4, 0.5) is 0 Å². The molecule has 1 heterocycles. The first kappa shape index (κ1) is 13.4. The predicted octanol–water partition coefficient (Wildman–Crippen LogP) is 1.96. The molecule has 0 aliphatic carbocycles.